The molecule has 1 saturated heterocycles. The van der Waals surface area contributed by atoms with Crippen LogP contribution in [0.1, 0.15) is 17.1 Å². The van der Waals surface area contributed by atoms with Gasteiger partial charge < -0.3 is 9.32 Å². The highest BCUT2D eigenvalue weighted by Gasteiger charge is 2.23. The van der Waals surface area contributed by atoms with Crippen LogP contribution in [0.25, 0.3) is 11.5 Å². The zero-order chi connectivity index (χ0) is 19.0. The third-order valence-electron chi connectivity index (χ3n) is 4.73. The number of piperazine rings is 1. The molecule has 7 nitrogen and oxygen atoms in total. The molecular formula is C18H19F2N5O2. The number of oxazole rings is 1. The van der Waals surface area contributed by atoms with Gasteiger partial charge in [0.05, 0.1) is 11.3 Å². The number of aromatic nitrogens is 3. The molecule has 9 heteroatoms. The molecule has 0 spiro atoms. The molecule has 4 rings (SSSR count). The van der Waals surface area contributed by atoms with Crippen molar-refractivity contribution in [3.63, 3.8) is 0 Å². The van der Waals surface area contributed by atoms with Gasteiger partial charge >= 0.3 is 0 Å². The van der Waals surface area contributed by atoms with Crippen molar-refractivity contribution in [2.75, 3.05) is 31.1 Å². The van der Waals surface area contributed by atoms with Crippen molar-refractivity contribution >= 4 is 5.82 Å². The van der Waals surface area contributed by atoms with Gasteiger partial charge in [0.1, 0.15) is 23.1 Å². The first kappa shape index (κ1) is 17.6. The van der Waals surface area contributed by atoms with Crippen LogP contribution >= 0.6 is 0 Å². The standard InChI is InChI=1S/C18H19F2N5O2/c1-11-17(23-27-22-11)25-7-5-24(6-8-25)10-16-12(2)26-18(21-16)14-9-13(19)3-4-15(14)20/h3-4,9H,5-8,10H2,1-2H3. The molecule has 3 aromatic rings. The largest absolute Gasteiger partial charge is 0.441 e. The summed E-state index contributed by atoms with van der Waals surface area (Å²) in [6.45, 7) is 7.42. The van der Waals surface area contributed by atoms with Gasteiger partial charge in [-0.2, -0.15) is 0 Å². The molecule has 1 aliphatic rings. The maximum atomic E-state index is 14.0. The van der Waals surface area contributed by atoms with Gasteiger partial charge in [-0.3, -0.25) is 4.90 Å². The molecule has 0 atom stereocenters. The molecule has 1 aliphatic heterocycles. The van der Waals surface area contributed by atoms with Gasteiger partial charge in [0, 0.05) is 32.7 Å². The predicted molar refractivity (Wildman–Crippen MR) is 93.1 cm³/mol. The summed E-state index contributed by atoms with van der Waals surface area (Å²) in [6.07, 6.45) is 0. The van der Waals surface area contributed by atoms with E-state index in [0.29, 0.717) is 12.3 Å². The molecule has 142 valence electrons. The fraction of sp³-hybridized carbons (Fsp3) is 0.389. The summed E-state index contributed by atoms with van der Waals surface area (Å²) in [5.74, 6) is 0.387. The Bertz CT molecular complexity index is 947. The van der Waals surface area contributed by atoms with E-state index in [2.05, 4.69) is 25.1 Å². The van der Waals surface area contributed by atoms with Gasteiger partial charge in [-0.25, -0.2) is 18.4 Å². The van der Waals surface area contributed by atoms with Crippen LogP contribution in [-0.2, 0) is 6.54 Å². The van der Waals surface area contributed by atoms with Gasteiger partial charge in [-0.05, 0) is 37.2 Å². The SMILES string of the molecule is Cc1nonc1N1CCN(Cc2nc(-c3cc(F)ccc3F)oc2C)CC1. The van der Waals surface area contributed by atoms with Crippen molar-refractivity contribution in [1.29, 1.82) is 0 Å². The van der Waals surface area contributed by atoms with Crippen molar-refractivity contribution in [2.24, 2.45) is 0 Å². The lowest BCUT2D eigenvalue weighted by Crippen LogP contribution is -2.46. The molecule has 0 N–H and O–H groups in total. The summed E-state index contributed by atoms with van der Waals surface area (Å²) in [6, 6.07) is 3.24. The molecule has 0 aliphatic carbocycles. The average molecular weight is 375 g/mol. The number of halogens is 2. The van der Waals surface area contributed by atoms with E-state index in [4.69, 9.17) is 9.05 Å². The second-order valence-electron chi connectivity index (χ2n) is 6.58. The molecule has 0 bridgehead atoms. The Labute approximate surface area is 154 Å². The van der Waals surface area contributed by atoms with Crippen molar-refractivity contribution in [2.45, 2.75) is 20.4 Å². The van der Waals surface area contributed by atoms with Crippen LogP contribution in [0.3, 0.4) is 0 Å². The third kappa shape index (κ3) is 3.55. The monoisotopic (exact) mass is 375 g/mol. The minimum atomic E-state index is -0.561. The van der Waals surface area contributed by atoms with Crippen LogP contribution in [0.15, 0.2) is 27.2 Å². The molecule has 1 fully saturated rings. The van der Waals surface area contributed by atoms with Crippen molar-refractivity contribution < 1.29 is 17.8 Å². The number of nitrogens with zero attached hydrogens (tertiary/aromatic N) is 5. The molecule has 2 aromatic heterocycles. The van der Waals surface area contributed by atoms with Crippen LogP contribution in [0.5, 0.6) is 0 Å². The van der Waals surface area contributed by atoms with Crippen LogP contribution in [0.4, 0.5) is 14.6 Å². The minimum absolute atomic E-state index is 0.0307. The number of hydrogen-bond donors (Lipinski definition) is 0. The maximum absolute atomic E-state index is 14.0. The number of anilines is 1. The van der Waals surface area contributed by atoms with Crippen LogP contribution in [0.2, 0.25) is 0 Å². The Kier molecular flexibility index (Phi) is 4.61. The number of aryl methyl sites for hydroxylation is 2. The summed E-state index contributed by atoms with van der Waals surface area (Å²) < 4.78 is 37.7. The molecular weight excluding hydrogens is 356 g/mol. The smallest absolute Gasteiger partial charge is 0.229 e. The van der Waals surface area contributed by atoms with Gasteiger partial charge in [0.25, 0.3) is 0 Å². The van der Waals surface area contributed by atoms with E-state index in [1.807, 2.05) is 6.92 Å². The Morgan fingerprint density at radius 2 is 1.85 bits per heavy atom. The van der Waals surface area contributed by atoms with E-state index < -0.39 is 11.6 Å². The second-order valence-corrected chi connectivity index (χ2v) is 6.58. The summed E-state index contributed by atoms with van der Waals surface area (Å²) in [5, 5.41) is 7.76. The zero-order valence-electron chi connectivity index (χ0n) is 15.1. The van der Waals surface area contributed by atoms with E-state index in [-0.39, 0.29) is 11.5 Å². The van der Waals surface area contributed by atoms with Crippen molar-refractivity contribution in [3.8, 4) is 11.5 Å². The van der Waals surface area contributed by atoms with E-state index in [0.717, 1.165) is 61.6 Å². The normalized spacial score (nSPS) is 15.5. The Morgan fingerprint density at radius 3 is 2.56 bits per heavy atom. The van der Waals surface area contributed by atoms with Gasteiger partial charge in [-0.15, -0.1) is 0 Å². The maximum Gasteiger partial charge on any atom is 0.229 e. The minimum Gasteiger partial charge on any atom is -0.441 e. The van der Waals surface area contributed by atoms with Crippen LogP contribution < -0.4 is 4.90 Å². The van der Waals surface area contributed by atoms with E-state index in [1.54, 1.807) is 6.92 Å². The van der Waals surface area contributed by atoms with E-state index in [9.17, 15) is 8.78 Å². The highest BCUT2D eigenvalue weighted by atomic mass is 19.1. The number of hydrogen-bond acceptors (Lipinski definition) is 7. The van der Waals surface area contributed by atoms with Crippen molar-refractivity contribution in [3.05, 3.63) is 47.0 Å². The Hall–Kier alpha value is -2.81. The quantitative estimate of drug-likeness (QED) is 0.694. The highest BCUT2D eigenvalue weighted by Crippen LogP contribution is 2.26. The van der Waals surface area contributed by atoms with Gasteiger partial charge in [-0.1, -0.05) is 5.16 Å². The molecule has 0 unspecified atom stereocenters. The summed E-state index contributed by atoms with van der Waals surface area (Å²) in [5.41, 5.74) is 1.53. The van der Waals surface area contributed by atoms with E-state index in [1.165, 1.54) is 0 Å². The molecule has 0 radical (unpaired) electrons. The first-order valence-corrected chi connectivity index (χ1v) is 8.69. The summed E-state index contributed by atoms with van der Waals surface area (Å²) in [7, 11) is 0. The predicted octanol–water partition coefficient (Wildman–Crippen LogP) is 2.94. The second kappa shape index (κ2) is 7.07. The van der Waals surface area contributed by atoms with Gasteiger partial charge in [0.15, 0.2) is 5.82 Å². The Morgan fingerprint density at radius 1 is 1.07 bits per heavy atom. The molecule has 0 saturated carbocycles. The lowest BCUT2D eigenvalue weighted by atomic mass is 10.2. The van der Waals surface area contributed by atoms with Crippen LogP contribution in [-0.4, -0.2) is 46.4 Å². The number of benzene rings is 1. The van der Waals surface area contributed by atoms with Gasteiger partial charge in [0.2, 0.25) is 5.89 Å². The number of rotatable bonds is 4. The zero-order valence-corrected chi connectivity index (χ0v) is 15.1. The first-order valence-electron chi connectivity index (χ1n) is 8.69. The molecule has 27 heavy (non-hydrogen) atoms. The molecule has 1 aromatic carbocycles. The summed E-state index contributed by atoms with van der Waals surface area (Å²) >= 11 is 0. The Balaban J connectivity index is 1.44. The van der Waals surface area contributed by atoms with E-state index >= 15 is 0 Å². The lowest BCUT2D eigenvalue weighted by molar-refractivity contribution is 0.243. The third-order valence-corrected chi connectivity index (χ3v) is 4.73. The lowest BCUT2D eigenvalue weighted by Gasteiger charge is -2.34. The fourth-order valence-corrected chi connectivity index (χ4v) is 3.19. The van der Waals surface area contributed by atoms with Crippen molar-refractivity contribution in [1.82, 2.24) is 20.2 Å². The topological polar surface area (TPSA) is 71.4 Å². The average Bonchev–Trinajstić information content (AvgIpc) is 3.24. The molecule has 3 heterocycles. The first-order chi connectivity index (χ1) is 13.0. The molecule has 0 amide bonds. The highest BCUT2D eigenvalue weighted by molar-refractivity contribution is 5.54. The fourth-order valence-electron chi connectivity index (χ4n) is 3.19. The van der Waals surface area contributed by atoms with Crippen LogP contribution in [0, 0.1) is 25.5 Å². The summed E-state index contributed by atoms with van der Waals surface area (Å²) in [4.78, 5) is 8.76.